The first kappa shape index (κ1) is 17.8. The summed E-state index contributed by atoms with van der Waals surface area (Å²) in [6.07, 6.45) is 1.41. The predicted molar refractivity (Wildman–Crippen MR) is 87.6 cm³/mol. The second-order valence-electron chi connectivity index (χ2n) is 6.65. The van der Waals surface area contributed by atoms with Crippen molar-refractivity contribution in [1.82, 2.24) is 0 Å². The van der Waals surface area contributed by atoms with Crippen LogP contribution in [-0.2, 0) is 19.1 Å². The zero-order valence-electron chi connectivity index (χ0n) is 14.8. The van der Waals surface area contributed by atoms with Gasteiger partial charge in [0.15, 0.2) is 11.5 Å². The summed E-state index contributed by atoms with van der Waals surface area (Å²) in [5.74, 6) is -1.69. The van der Waals surface area contributed by atoms with Crippen LogP contribution < -0.4 is 9.47 Å². The Morgan fingerprint density at radius 1 is 1.00 bits per heavy atom. The fourth-order valence-electron chi connectivity index (χ4n) is 2.10. The van der Waals surface area contributed by atoms with Crippen molar-refractivity contribution in [3.8, 4) is 11.5 Å². The van der Waals surface area contributed by atoms with E-state index in [1.54, 1.807) is 25.1 Å². The molecule has 1 heterocycles. The van der Waals surface area contributed by atoms with E-state index in [9.17, 15) is 9.59 Å². The Kier molecular flexibility index (Phi) is 4.60. The van der Waals surface area contributed by atoms with Crippen molar-refractivity contribution in [3.05, 3.63) is 29.3 Å². The summed E-state index contributed by atoms with van der Waals surface area (Å²) < 4.78 is 21.1. The molecular weight excluding hydrogens is 312 g/mol. The normalized spacial score (nSPS) is 21.0. The van der Waals surface area contributed by atoms with E-state index < -0.39 is 23.1 Å². The number of benzene rings is 1. The van der Waals surface area contributed by atoms with Gasteiger partial charge in [-0.1, -0.05) is 26.8 Å². The van der Waals surface area contributed by atoms with Gasteiger partial charge in [0, 0.05) is 12.3 Å². The van der Waals surface area contributed by atoms with E-state index >= 15 is 0 Å². The highest BCUT2D eigenvalue weighted by molar-refractivity contribution is 6.18. The van der Waals surface area contributed by atoms with Crippen LogP contribution in [0.4, 0.5) is 0 Å². The van der Waals surface area contributed by atoms with E-state index in [2.05, 4.69) is 0 Å². The molecule has 24 heavy (non-hydrogen) atoms. The summed E-state index contributed by atoms with van der Waals surface area (Å²) in [6, 6.07) is 5.04. The predicted octanol–water partition coefficient (Wildman–Crippen LogP) is 2.95. The van der Waals surface area contributed by atoms with E-state index in [0.717, 1.165) is 0 Å². The third-order valence-corrected chi connectivity index (χ3v) is 4.10. The fraction of sp³-hybridized carbons (Fsp3) is 0.444. The third-order valence-electron chi connectivity index (χ3n) is 4.10. The van der Waals surface area contributed by atoms with E-state index in [4.69, 9.17) is 18.9 Å². The molecular formula is C18H22O6. The second kappa shape index (κ2) is 6.19. The van der Waals surface area contributed by atoms with Crippen molar-refractivity contribution in [2.24, 2.45) is 5.41 Å². The van der Waals surface area contributed by atoms with E-state index in [1.807, 2.05) is 20.8 Å². The summed E-state index contributed by atoms with van der Waals surface area (Å²) >= 11 is 0. The number of cyclic esters (lactones) is 2. The zero-order chi connectivity index (χ0) is 18.1. The van der Waals surface area contributed by atoms with Crippen molar-refractivity contribution < 1.29 is 28.5 Å². The number of esters is 2. The van der Waals surface area contributed by atoms with Crippen LogP contribution >= 0.6 is 0 Å². The molecule has 0 N–H and O–H groups in total. The van der Waals surface area contributed by atoms with Crippen molar-refractivity contribution in [3.63, 3.8) is 0 Å². The highest BCUT2D eigenvalue weighted by atomic mass is 16.7. The first-order chi connectivity index (χ1) is 11.1. The lowest BCUT2D eigenvalue weighted by atomic mass is 9.85. The molecule has 1 saturated heterocycles. The number of carbonyl (C=O) groups excluding carboxylic acids is 2. The summed E-state index contributed by atoms with van der Waals surface area (Å²) in [5, 5.41) is 0. The quantitative estimate of drug-likeness (QED) is 0.481. The Hall–Kier alpha value is -2.50. The van der Waals surface area contributed by atoms with Gasteiger partial charge >= 0.3 is 11.9 Å². The maximum Gasteiger partial charge on any atom is 0.348 e. The van der Waals surface area contributed by atoms with E-state index in [0.29, 0.717) is 17.1 Å². The number of hydrogen-bond acceptors (Lipinski definition) is 6. The lowest BCUT2D eigenvalue weighted by Gasteiger charge is -2.42. The molecule has 0 aliphatic carbocycles. The molecule has 0 amide bonds. The smallest absolute Gasteiger partial charge is 0.348 e. The van der Waals surface area contributed by atoms with Crippen LogP contribution in [0, 0.1) is 5.41 Å². The molecule has 0 unspecified atom stereocenters. The molecule has 1 aliphatic heterocycles. The highest BCUT2D eigenvalue weighted by Gasteiger charge is 2.50. The van der Waals surface area contributed by atoms with Gasteiger partial charge in [0.05, 0.1) is 14.2 Å². The molecule has 0 saturated carbocycles. The lowest BCUT2D eigenvalue weighted by molar-refractivity contribution is -0.261. The van der Waals surface area contributed by atoms with Crippen LogP contribution in [0.5, 0.6) is 11.5 Å². The van der Waals surface area contributed by atoms with Crippen LogP contribution in [-0.4, -0.2) is 31.9 Å². The molecule has 1 aliphatic rings. The molecule has 130 valence electrons. The van der Waals surface area contributed by atoms with Gasteiger partial charge in [-0.05, 0) is 23.8 Å². The maximum absolute atomic E-state index is 12.3. The van der Waals surface area contributed by atoms with Crippen LogP contribution in [0.2, 0.25) is 0 Å². The average molecular weight is 334 g/mol. The van der Waals surface area contributed by atoms with Gasteiger partial charge in [0.25, 0.3) is 5.79 Å². The number of ether oxygens (including phenoxy) is 4. The summed E-state index contributed by atoms with van der Waals surface area (Å²) in [7, 11) is 3.03. The zero-order valence-corrected chi connectivity index (χ0v) is 14.8. The van der Waals surface area contributed by atoms with Gasteiger partial charge in [-0.2, -0.15) is 0 Å². The minimum absolute atomic E-state index is 0.163. The fourth-order valence-corrected chi connectivity index (χ4v) is 2.10. The number of methoxy groups -OCH3 is 2. The molecule has 0 spiro atoms. The van der Waals surface area contributed by atoms with Crippen LogP contribution in [0.3, 0.4) is 0 Å². The largest absolute Gasteiger partial charge is 0.493 e. The molecule has 0 atom stereocenters. The molecule has 1 aromatic rings. The molecule has 0 bridgehead atoms. The SMILES string of the molecule is COc1ccc(C=C2C(=O)OC(C)(C(C)(C)C)OC2=O)cc1OC. The summed E-state index contributed by atoms with van der Waals surface area (Å²) in [6.45, 7) is 7.07. The monoisotopic (exact) mass is 334 g/mol. The minimum atomic E-state index is -1.31. The highest BCUT2D eigenvalue weighted by Crippen LogP contribution is 2.39. The molecule has 0 aromatic heterocycles. The standard InChI is InChI=1S/C18H22O6/c1-17(2,3)18(4)23-15(19)12(16(20)24-18)9-11-7-8-13(21-5)14(10-11)22-6/h7-10H,1-6H3. The Morgan fingerprint density at radius 3 is 2.00 bits per heavy atom. The van der Waals surface area contributed by atoms with Gasteiger partial charge in [0.2, 0.25) is 0 Å². The third kappa shape index (κ3) is 3.22. The second-order valence-corrected chi connectivity index (χ2v) is 6.65. The molecule has 1 aromatic carbocycles. The minimum Gasteiger partial charge on any atom is -0.493 e. The Morgan fingerprint density at radius 2 is 1.54 bits per heavy atom. The number of rotatable bonds is 3. The molecule has 1 fully saturated rings. The topological polar surface area (TPSA) is 71.1 Å². The molecule has 0 radical (unpaired) electrons. The van der Waals surface area contributed by atoms with Crippen molar-refractivity contribution in [1.29, 1.82) is 0 Å². The van der Waals surface area contributed by atoms with Crippen LogP contribution in [0.15, 0.2) is 23.8 Å². The van der Waals surface area contributed by atoms with E-state index in [1.165, 1.54) is 20.3 Å². The summed E-state index contributed by atoms with van der Waals surface area (Å²) in [4.78, 5) is 24.6. The van der Waals surface area contributed by atoms with Crippen LogP contribution in [0.25, 0.3) is 6.08 Å². The molecule has 2 rings (SSSR count). The molecule has 6 nitrogen and oxygen atoms in total. The summed E-state index contributed by atoms with van der Waals surface area (Å²) in [5.41, 5.74) is -0.118. The number of carbonyl (C=O) groups is 2. The van der Waals surface area contributed by atoms with Crippen LogP contribution in [0.1, 0.15) is 33.3 Å². The van der Waals surface area contributed by atoms with Gasteiger partial charge in [-0.3, -0.25) is 0 Å². The van der Waals surface area contributed by atoms with Gasteiger partial charge in [-0.25, -0.2) is 9.59 Å². The first-order valence-electron chi connectivity index (χ1n) is 7.51. The lowest BCUT2D eigenvalue weighted by Crippen LogP contribution is -2.52. The van der Waals surface area contributed by atoms with Gasteiger partial charge in [-0.15, -0.1) is 0 Å². The van der Waals surface area contributed by atoms with Gasteiger partial charge < -0.3 is 18.9 Å². The van der Waals surface area contributed by atoms with Crippen molar-refractivity contribution >= 4 is 18.0 Å². The van der Waals surface area contributed by atoms with Crippen molar-refractivity contribution in [2.45, 2.75) is 33.5 Å². The van der Waals surface area contributed by atoms with Crippen molar-refractivity contribution in [2.75, 3.05) is 14.2 Å². The average Bonchev–Trinajstić information content (AvgIpc) is 2.49. The number of hydrogen-bond donors (Lipinski definition) is 0. The van der Waals surface area contributed by atoms with E-state index in [-0.39, 0.29) is 5.57 Å². The Bertz CT molecular complexity index is 676. The first-order valence-corrected chi connectivity index (χ1v) is 7.51. The Balaban J connectivity index is 2.35. The Labute approximate surface area is 141 Å². The van der Waals surface area contributed by atoms with Gasteiger partial charge in [0.1, 0.15) is 5.57 Å². The maximum atomic E-state index is 12.3. The molecule has 6 heteroatoms.